The van der Waals surface area contributed by atoms with E-state index in [1.807, 2.05) is 36.4 Å². The van der Waals surface area contributed by atoms with Crippen LogP contribution in [-0.4, -0.2) is 12.7 Å². The molecule has 2 aliphatic carbocycles. The van der Waals surface area contributed by atoms with Gasteiger partial charge in [-0.05, 0) is 184 Å². The number of hydrogen-bond donors (Lipinski definition) is 1. The van der Waals surface area contributed by atoms with Crippen LogP contribution < -0.4 is 4.65 Å². The smallest absolute Gasteiger partial charge is 0.537 e. The molecule has 0 fully saturated rings. The van der Waals surface area contributed by atoms with E-state index in [1.165, 1.54) is 143 Å². The molecule has 18 rings (SSSR count). The Kier molecular flexibility index (Phi) is 13.4. The molecule has 2 aliphatic rings. The van der Waals surface area contributed by atoms with Gasteiger partial charge in [-0.15, -0.1) is 0 Å². The van der Waals surface area contributed by atoms with Crippen molar-refractivity contribution in [1.29, 1.82) is 0 Å². The fraction of sp³-hybridized carbons (Fsp3) is 0.0698. The van der Waals surface area contributed by atoms with Gasteiger partial charge in [0.1, 0.15) is 5.75 Å². The van der Waals surface area contributed by atoms with Gasteiger partial charge >= 0.3 is 7.69 Å². The Bertz CT molecular complexity index is 5490. The molecule has 0 spiro atoms. The second-order valence-corrected chi connectivity index (χ2v) is 26.0. The third-order valence-corrected chi connectivity index (χ3v) is 19.9. The monoisotopic (exact) mass is 1220 g/mol. The molecule has 0 heterocycles. The van der Waals surface area contributed by atoms with Crippen molar-refractivity contribution in [2.24, 2.45) is 0 Å². The SMILES string of the molecule is CC1(C)c2ccc(-c3c4ccccc4c(-c4ccc5ccccc5c4)c4ccccc34)cc2-c2c1ccc1ccccc21.CC1(C)c2ccc(Br)cc2-c2c1ccc1ccccc21.O[B]Oc1c2ccccc2c(-c2ccc3ccccc3c2)c2ccccc12. The molecule has 16 aromatic carbocycles. The maximum Gasteiger partial charge on any atom is 0.569 e. The van der Waals surface area contributed by atoms with Gasteiger partial charge in [-0.2, -0.15) is 0 Å². The molecule has 16 aromatic rings. The van der Waals surface area contributed by atoms with Crippen LogP contribution in [0.3, 0.4) is 0 Å². The van der Waals surface area contributed by atoms with Gasteiger partial charge < -0.3 is 9.68 Å². The lowest BCUT2D eigenvalue weighted by atomic mass is 9.81. The van der Waals surface area contributed by atoms with Gasteiger partial charge in [-0.25, -0.2) is 0 Å². The molecule has 0 amide bonds. The van der Waals surface area contributed by atoms with Crippen molar-refractivity contribution < 1.29 is 9.68 Å². The minimum absolute atomic E-state index is 0.0443. The molecule has 0 aromatic heterocycles. The van der Waals surface area contributed by atoms with E-state index in [0.29, 0.717) is 5.75 Å². The quantitative estimate of drug-likeness (QED) is 0.137. The Labute approximate surface area is 533 Å². The Hall–Kier alpha value is -10.1. The molecule has 0 saturated heterocycles. The predicted octanol–water partition coefficient (Wildman–Crippen LogP) is 23.6. The first-order chi connectivity index (χ1) is 44.0. The lowest BCUT2D eigenvalue weighted by Crippen LogP contribution is -2.14. The van der Waals surface area contributed by atoms with Crippen LogP contribution in [0.4, 0.5) is 0 Å². The third-order valence-electron chi connectivity index (χ3n) is 19.4. The van der Waals surface area contributed by atoms with Gasteiger partial charge in [0.2, 0.25) is 0 Å². The average Bonchev–Trinajstić information content (AvgIpc) is 1.50. The number of benzene rings is 16. The summed E-state index contributed by atoms with van der Waals surface area (Å²) >= 11 is 3.62. The summed E-state index contributed by atoms with van der Waals surface area (Å²) in [4.78, 5) is 0. The van der Waals surface area contributed by atoms with Gasteiger partial charge in [-0.3, -0.25) is 0 Å². The van der Waals surface area contributed by atoms with Crippen molar-refractivity contribution in [3.8, 4) is 61.4 Å². The maximum absolute atomic E-state index is 9.30. The van der Waals surface area contributed by atoms with E-state index in [2.05, 4.69) is 298 Å². The highest BCUT2D eigenvalue weighted by atomic mass is 79.9. The summed E-state index contributed by atoms with van der Waals surface area (Å²) in [6.45, 7) is 9.38. The van der Waals surface area contributed by atoms with Crippen molar-refractivity contribution in [2.45, 2.75) is 38.5 Å². The van der Waals surface area contributed by atoms with Gasteiger partial charge in [0.05, 0.1) is 0 Å². The van der Waals surface area contributed by atoms with Crippen LogP contribution in [0.25, 0.3) is 142 Å². The summed E-state index contributed by atoms with van der Waals surface area (Å²) in [5.41, 5.74) is 18.7. The van der Waals surface area contributed by atoms with E-state index in [-0.39, 0.29) is 10.8 Å². The number of hydrogen-bond acceptors (Lipinski definition) is 2. The van der Waals surface area contributed by atoms with E-state index in [1.54, 1.807) is 0 Å². The van der Waals surface area contributed by atoms with Crippen molar-refractivity contribution in [3.05, 3.63) is 318 Å². The summed E-state index contributed by atoms with van der Waals surface area (Å²) in [6.07, 6.45) is 0. The molecule has 0 bridgehead atoms. The summed E-state index contributed by atoms with van der Waals surface area (Å²) in [7, 11) is 0.754. The van der Waals surface area contributed by atoms with Crippen LogP contribution in [0, 0.1) is 0 Å². The van der Waals surface area contributed by atoms with Crippen LogP contribution in [0.15, 0.2) is 296 Å². The molecule has 0 aliphatic heterocycles. The molecule has 4 heteroatoms. The average molecular weight is 1220 g/mol. The lowest BCUT2D eigenvalue weighted by Gasteiger charge is -2.22. The largest absolute Gasteiger partial charge is 0.569 e. The molecule has 0 unspecified atom stereocenters. The Morgan fingerprint density at radius 1 is 0.278 bits per heavy atom. The second kappa shape index (κ2) is 21.9. The van der Waals surface area contributed by atoms with Crippen LogP contribution in [-0.2, 0) is 10.8 Å². The van der Waals surface area contributed by atoms with Gasteiger partial charge in [-0.1, -0.05) is 304 Å². The minimum atomic E-state index is -0.0443. The van der Waals surface area contributed by atoms with Crippen molar-refractivity contribution in [1.82, 2.24) is 0 Å². The zero-order chi connectivity index (χ0) is 60.8. The van der Waals surface area contributed by atoms with Gasteiger partial charge in [0.15, 0.2) is 0 Å². The molecule has 2 nitrogen and oxygen atoms in total. The highest BCUT2D eigenvalue weighted by Crippen LogP contribution is 2.55. The molecule has 1 N–H and O–H groups in total. The zero-order valence-electron chi connectivity index (χ0n) is 50.5. The van der Waals surface area contributed by atoms with Crippen LogP contribution in [0.2, 0.25) is 0 Å². The molecular formula is C86H61BBrO2. The molecule has 90 heavy (non-hydrogen) atoms. The van der Waals surface area contributed by atoms with E-state index >= 15 is 0 Å². The molecule has 1 radical (unpaired) electrons. The van der Waals surface area contributed by atoms with E-state index in [9.17, 15) is 5.02 Å². The first-order valence-corrected chi connectivity index (χ1v) is 31.8. The Balaban J connectivity index is 0.000000118. The summed E-state index contributed by atoms with van der Waals surface area (Å²) in [5, 5.41) is 28.9. The second-order valence-electron chi connectivity index (χ2n) is 25.1. The molecule has 427 valence electrons. The lowest BCUT2D eigenvalue weighted by molar-refractivity contribution is 0.459. The summed E-state index contributed by atoms with van der Waals surface area (Å²) in [5.74, 6) is 0.674. The van der Waals surface area contributed by atoms with Gasteiger partial charge in [0.25, 0.3) is 0 Å². The first kappa shape index (κ1) is 55.2. The summed E-state index contributed by atoms with van der Waals surface area (Å²) in [6, 6.07) is 105. The Morgan fingerprint density at radius 3 is 1.00 bits per heavy atom. The maximum atomic E-state index is 9.30. The van der Waals surface area contributed by atoms with Crippen molar-refractivity contribution >= 4 is 110 Å². The topological polar surface area (TPSA) is 29.5 Å². The van der Waals surface area contributed by atoms with E-state index in [4.69, 9.17) is 4.65 Å². The predicted molar refractivity (Wildman–Crippen MR) is 387 cm³/mol. The van der Waals surface area contributed by atoms with Crippen LogP contribution in [0.5, 0.6) is 5.75 Å². The normalized spacial score (nSPS) is 13.2. The van der Waals surface area contributed by atoms with Crippen LogP contribution in [0.1, 0.15) is 49.9 Å². The fourth-order valence-corrected chi connectivity index (χ4v) is 15.6. The Morgan fingerprint density at radius 2 is 0.578 bits per heavy atom. The number of halogens is 1. The highest BCUT2D eigenvalue weighted by Gasteiger charge is 2.38. The first-order valence-electron chi connectivity index (χ1n) is 31.0. The highest BCUT2D eigenvalue weighted by molar-refractivity contribution is 9.10. The molecule has 0 atom stereocenters. The van der Waals surface area contributed by atoms with Crippen molar-refractivity contribution in [2.75, 3.05) is 0 Å². The standard InChI is InChI=1S/C43H30.C24H16BO2.C19H15Br/c1-43(2)38-23-22-31(26-37(38)42-32-14-6-5-12-28(32)21-24-39(42)43)41-35-17-9-7-15-33(35)40(34-16-8-10-18-36(34)41)30-20-19-27-11-3-4-13-29(27)25-30;26-25-27-24-21-11-5-3-9-19(21)23(20-10-4-6-12-22(20)24)18-14-13-16-7-1-2-8-17(16)15-18;1-19(2)16-10-8-13(20)11-15(16)18-14-6-4-3-5-12(14)7-9-17(18)19/h3-26H,1-2H3;1-15,26H;3-11H,1-2H3. The third kappa shape index (κ3) is 8.95. The fourth-order valence-electron chi connectivity index (χ4n) is 15.2. The zero-order valence-corrected chi connectivity index (χ0v) is 52.1. The summed E-state index contributed by atoms with van der Waals surface area (Å²) < 4.78 is 6.67. The van der Waals surface area contributed by atoms with Crippen molar-refractivity contribution in [3.63, 3.8) is 0 Å². The number of fused-ring (bicyclic) bond motifs is 16. The molecular weight excluding hydrogens is 1160 g/mol. The van der Waals surface area contributed by atoms with Crippen LogP contribution >= 0.6 is 15.9 Å². The van der Waals surface area contributed by atoms with E-state index < -0.39 is 0 Å². The molecule has 0 saturated carbocycles. The minimum Gasteiger partial charge on any atom is -0.537 e. The number of rotatable bonds is 5. The van der Waals surface area contributed by atoms with Gasteiger partial charge in [0, 0.05) is 26.1 Å². The van der Waals surface area contributed by atoms with E-state index in [0.717, 1.165) is 33.7 Å².